The van der Waals surface area contributed by atoms with Crippen molar-refractivity contribution in [2.24, 2.45) is 0 Å². The highest BCUT2D eigenvalue weighted by Gasteiger charge is 2.05. The van der Waals surface area contributed by atoms with Crippen LogP contribution in [0.2, 0.25) is 0 Å². The maximum atomic E-state index is 10.9. The van der Waals surface area contributed by atoms with E-state index < -0.39 is 6.10 Å². The maximum Gasteiger partial charge on any atom is 0.221 e. The summed E-state index contributed by atoms with van der Waals surface area (Å²) >= 11 is 0. The van der Waals surface area contributed by atoms with E-state index in [1.807, 2.05) is 6.07 Å². The zero-order valence-corrected chi connectivity index (χ0v) is 10.5. The van der Waals surface area contributed by atoms with Gasteiger partial charge in [0.05, 0.1) is 19.0 Å². The summed E-state index contributed by atoms with van der Waals surface area (Å²) in [7, 11) is 1.60. The highest BCUT2D eigenvalue weighted by Crippen LogP contribution is 2.01. The summed E-state index contributed by atoms with van der Waals surface area (Å²) in [5.41, 5.74) is 0. The molecule has 1 rings (SSSR count). The SMILES string of the molecule is CNC(=O)CCNCC(O)COCc1ccco1. The van der Waals surface area contributed by atoms with Crippen molar-refractivity contribution in [2.75, 3.05) is 26.7 Å². The maximum absolute atomic E-state index is 10.9. The predicted octanol–water partition coefficient (Wildman–Crippen LogP) is -0.117. The lowest BCUT2D eigenvalue weighted by molar-refractivity contribution is -0.120. The summed E-state index contributed by atoms with van der Waals surface area (Å²) < 4.78 is 10.4. The Morgan fingerprint density at radius 2 is 2.44 bits per heavy atom. The van der Waals surface area contributed by atoms with Crippen molar-refractivity contribution in [3.63, 3.8) is 0 Å². The van der Waals surface area contributed by atoms with Gasteiger partial charge in [0.2, 0.25) is 5.91 Å². The lowest BCUT2D eigenvalue weighted by Gasteiger charge is -2.11. The van der Waals surface area contributed by atoms with Crippen molar-refractivity contribution in [2.45, 2.75) is 19.1 Å². The lowest BCUT2D eigenvalue weighted by Crippen LogP contribution is -2.33. The molecule has 3 N–H and O–H groups in total. The van der Waals surface area contributed by atoms with Crippen molar-refractivity contribution < 1.29 is 19.1 Å². The van der Waals surface area contributed by atoms with Crippen molar-refractivity contribution in [3.05, 3.63) is 24.2 Å². The van der Waals surface area contributed by atoms with E-state index in [4.69, 9.17) is 9.15 Å². The van der Waals surface area contributed by atoms with Crippen molar-refractivity contribution in [3.8, 4) is 0 Å². The Bertz CT molecular complexity index is 327. The largest absolute Gasteiger partial charge is 0.467 e. The topological polar surface area (TPSA) is 83.7 Å². The molecular formula is C12H20N2O4. The van der Waals surface area contributed by atoms with Crippen LogP contribution in [0.1, 0.15) is 12.2 Å². The van der Waals surface area contributed by atoms with E-state index in [2.05, 4.69) is 10.6 Å². The molecule has 0 saturated heterocycles. The molecule has 18 heavy (non-hydrogen) atoms. The van der Waals surface area contributed by atoms with Crippen LogP contribution < -0.4 is 10.6 Å². The van der Waals surface area contributed by atoms with Crippen LogP contribution in [0.25, 0.3) is 0 Å². The molecule has 0 bridgehead atoms. The first-order valence-electron chi connectivity index (χ1n) is 5.92. The zero-order chi connectivity index (χ0) is 13.2. The summed E-state index contributed by atoms with van der Waals surface area (Å²) in [6.45, 7) is 1.51. The molecule has 0 aromatic carbocycles. The van der Waals surface area contributed by atoms with Gasteiger partial charge in [-0.25, -0.2) is 0 Å². The molecule has 6 nitrogen and oxygen atoms in total. The molecule has 0 aliphatic rings. The first-order chi connectivity index (χ1) is 8.72. The second kappa shape index (κ2) is 8.68. The van der Waals surface area contributed by atoms with E-state index in [0.29, 0.717) is 26.1 Å². The Morgan fingerprint density at radius 1 is 1.61 bits per heavy atom. The number of carbonyl (C=O) groups excluding carboxylic acids is 1. The number of nitrogens with one attached hydrogen (secondary N) is 2. The third-order valence-electron chi connectivity index (χ3n) is 2.32. The lowest BCUT2D eigenvalue weighted by atomic mass is 10.3. The van der Waals surface area contributed by atoms with Gasteiger partial charge in [0, 0.05) is 26.6 Å². The van der Waals surface area contributed by atoms with Crippen molar-refractivity contribution >= 4 is 5.91 Å². The fourth-order valence-electron chi connectivity index (χ4n) is 1.34. The Hall–Kier alpha value is -1.37. The molecule has 0 saturated carbocycles. The second-order valence-corrected chi connectivity index (χ2v) is 3.88. The van der Waals surface area contributed by atoms with Gasteiger partial charge >= 0.3 is 0 Å². The van der Waals surface area contributed by atoms with Crippen molar-refractivity contribution in [1.29, 1.82) is 0 Å². The highest BCUT2D eigenvalue weighted by molar-refractivity contribution is 5.75. The smallest absolute Gasteiger partial charge is 0.221 e. The van der Waals surface area contributed by atoms with Crippen LogP contribution in [0, 0.1) is 0 Å². The molecular weight excluding hydrogens is 236 g/mol. The summed E-state index contributed by atoms with van der Waals surface area (Å²) in [5.74, 6) is 0.709. The van der Waals surface area contributed by atoms with Crippen LogP contribution in [0.5, 0.6) is 0 Å². The number of amides is 1. The van der Waals surface area contributed by atoms with Gasteiger partial charge in [-0.1, -0.05) is 0 Å². The van der Waals surface area contributed by atoms with Crippen LogP contribution in [-0.4, -0.2) is 43.9 Å². The molecule has 6 heteroatoms. The molecule has 102 valence electrons. The first-order valence-corrected chi connectivity index (χ1v) is 5.92. The van der Waals surface area contributed by atoms with E-state index >= 15 is 0 Å². The molecule has 1 heterocycles. The second-order valence-electron chi connectivity index (χ2n) is 3.88. The summed E-state index contributed by atoms with van der Waals surface area (Å²) in [4.78, 5) is 10.9. The average Bonchev–Trinajstić information content (AvgIpc) is 2.87. The van der Waals surface area contributed by atoms with Gasteiger partial charge in [0.25, 0.3) is 0 Å². The molecule has 0 fully saturated rings. The fraction of sp³-hybridized carbons (Fsp3) is 0.583. The number of hydrogen-bond acceptors (Lipinski definition) is 5. The first kappa shape index (κ1) is 14.7. The summed E-state index contributed by atoms with van der Waals surface area (Å²) in [6, 6.07) is 3.60. The Morgan fingerprint density at radius 3 is 3.11 bits per heavy atom. The number of carbonyl (C=O) groups is 1. The fourth-order valence-corrected chi connectivity index (χ4v) is 1.34. The number of ether oxygens (including phenoxy) is 1. The molecule has 1 unspecified atom stereocenters. The molecule has 0 aliphatic heterocycles. The quantitative estimate of drug-likeness (QED) is 0.537. The van der Waals surface area contributed by atoms with Crippen LogP contribution in [0.3, 0.4) is 0 Å². The van der Waals surface area contributed by atoms with E-state index in [1.165, 1.54) is 0 Å². The van der Waals surface area contributed by atoms with Crippen molar-refractivity contribution in [1.82, 2.24) is 10.6 Å². The van der Waals surface area contributed by atoms with E-state index in [0.717, 1.165) is 5.76 Å². The molecule has 0 radical (unpaired) electrons. The van der Waals surface area contributed by atoms with E-state index in [9.17, 15) is 9.90 Å². The Kier molecular flexibility index (Phi) is 7.09. The standard InChI is InChI=1S/C12H20N2O4/c1-13-12(16)4-5-14-7-10(15)8-17-9-11-3-2-6-18-11/h2-3,6,10,14-15H,4-5,7-9H2,1H3,(H,13,16). The summed E-state index contributed by atoms with van der Waals surface area (Å²) in [6.07, 6.45) is 1.39. The molecule has 0 spiro atoms. The van der Waals surface area contributed by atoms with Crippen LogP contribution in [-0.2, 0) is 16.1 Å². The Balaban J connectivity index is 1.97. The van der Waals surface area contributed by atoms with Crippen LogP contribution in [0.4, 0.5) is 0 Å². The van der Waals surface area contributed by atoms with E-state index in [-0.39, 0.29) is 12.5 Å². The van der Waals surface area contributed by atoms with Gasteiger partial charge in [0.1, 0.15) is 12.4 Å². The van der Waals surface area contributed by atoms with Gasteiger partial charge < -0.3 is 24.9 Å². The number of furan rings is 1. The van der Waals surface area contributed by atoms with Crippen LogP contribution >= 0.6 is 0 Å². The molecule has 0 aliphatic carbocycles. The van der Waals surface area contributed by atoms with Gasteiger partial charge in [0.15, 0.2) is 0 Å². The minimum absolute atomic E-state index is 0.0222. The predicted molar refractivity (Wildman–Crippen MR) is 65.9 cm³/mol. The highest BCUT2D eigenvalue weighted by atomic mass is 16.5. The monoisotopic (exact) mass is 256 g/mol. The number of aliphatic hydroxyl groups excluding tert-OH is 1. The summed E-state index contributed by atoms with van der Waals surface area (Å²) in [5, 5.41) is 15.1. The van der Waals surface area contributed by atoms with E-state index in [1.54, 1.807) is 19.4 Å². The minimum atomic E-state index is -0.593. The van der Waals surface area contributed by atoms with Gasteiger partial charge in [-0.3, -0.25) is 4.79 Å². The third-order valence-corrected chi connectivity index (χ3v) is 2.32. The van der Waals surface area contributed by atoms with Gasteiger partial charge in [-0.15, -0.1) is 0 Å². The van der Waals surface area contributed by atoms with Gasteiger partial charge in [-0.05, 0) is 12.1 Å². The number of rotatable bonds is 9. The molecule has 1 amide bonds. The molecule has 1 atom stereocenters. The third kappa shape index (κ3) is 6.39. The zero-order valence-electron chi connectivity index (χ0n) is 10.5. The minimum Gasteiger partial charge on any atom is -0.467 e. The Labute approximate surface area is 106 Å². The molecule has 1 aromatic rings. The molecule has 1 aromatic heterocycles. The normalized spacial score (nSPS) is 12.3. The average molecular weight is 256 g/mol. The number of hydrogen-bond donors (Lipinski definition) is 3. The van der Waals surface area contributed by atoms with Crippen LogP contribution in [0.15, 0.2) is 22.8 Å². The number of aliphatic hydroxyl groups is 1. The van der Waals surface area contributed by atoms with Gasteiger partial charge in [-0.2, -0.15) is 0 Å².